The van der Waals surface area contributed by atoms with Gasteiger partial charge in [0.05, 0.1) is 0 Å². The van der Waals surface area contributed by atoms with Crippen LogP contribution in [0.3, 0.4) is 0 Å². The lowest BCUT2D eigenvalue weighted by molar-refractivity contribution is 0.538. The molecule has 0 radical (unpaired) electrons. The highest BCUT2D eigenvalue weighted by Gasteiger charge is 1.96. The van der Waals surface area contributed by atoms with Crippen LogP contribution in [0.1, 0.15) is 96.8 Å². The van der Waals surface area contributed by atoms with Crippen molar-refractivity contribution in [1.82, 2.24) is 9.97 Å². The van der Waals surface area contributed by atoms with E-state index in [1.54, 1.807) is 11.8 Å². The Labute approximate surface area is 148 Å². The standard InChI is InChI=1S/C20H36N2S/c1-2-3-4-5-6-7-8-9-10-11-12-13-14-15-19-23-20-21-17-16-18-22-20/h16-18H,2-15,19H2,1H3. The van der Waals surface area contributed by atoms with E-state index in [1.807, 2.05) is 18.5 Å². The first-order chi connectivity index (χ1) is 11.4. The van der Waals surface area contributed by atoms with Crippen molar-refractivity contribution >= 4 is 11.8 Å². The number of nitrogens with zero attached hydrogens (tertiary/aromatic N) is 2. The van der Waals surface area contributed by atoms with Crippen molar-refractivity contribution in [2.45, 2.75) is 102 Å². The molecule has 0 saturated heterocycles. The summed E-state index contributed by atoms with van der Waals surface area (Å²) in [5, 5.41) is 0.919. The monoisotopic (exact) mass is 336 g/mol. The summed E-state index contributed by atoms with van der Waals surface area (Å²) >= 11 is 1.78. The first-order valence-electron chi connectivity index (χ1n) is 9.83. The number of unbranched alkanes of at least 4 members (excludes halogenated alkanes) is 13. The summed E-state index contributed by atoms with van der Waals surface area (Å²) in [6.45, 7) is 2.29. The maximum Gasteiger partial charge on any atom is 0.187 e. The van der Waals surface area contributed by atoms with Crippen molar-refractivity contribution in [1.29, 1.82) is 0 Å². The zero-order valence-electron chi connectivity index (χ0n) is 15.1. The van der Waals surface area contributed by atoms with Crippen LogP contribution in [0.15, 0.2) is 23.6 Å². The van der Waals surface area contributed by atoms with E-state index in [2.05, 4.69) is 16.9 Å². The fraction of sp³-hybridized carbons (Fsp3) is 0.800. The lowest BCUT2D eigenvalue weighted by Crippen LogP contribution is -1.87. The highest BCUT2D eigenvalue weighted by molar-refractivity contribution is 7.99. The maximum absolute atomic E-state index is 4.23. The molecule has 0 amide bonds. The van der Waals surface area contributed by atoms with Gasteiger partial charge in [0.2, 0.25) is 0 Å². The molecule has 0 aliphatic rings. The second-order valence-electron chi connectivity index (χ2n) is 6.48. The minimum atomic E-state index is 0.919. The van der Waals surface area contributed by atoms with Crippen LogP contribution < -0.4 is 0 Å². The summed E-state index contributed by atoms with van der Waals surface area (Å²) in [4.78, 5) is 8.47. The molecule has 0 bridgehead atoms. The van der Waals surface area contributed by atoms with E-state index in [0.29, 0.717) is 0 Å². The van der Waals surface area contributed by atoms with Gasteiger partial charge in [-0.25, -0.2) is 9.97 Å². The Bertz CT molecular complexity index is 343. The molecular weight excluding hydrogens is 300 g/mol. The van der Waals surface area contributed by atoms with E-state index >= 15 is 0 Å². The van der Waals surface area contributed by atoms with E-state index in [1.165, 1.54) is 89.9 Å². The largest absolute Gasteiger partial charge is 0.231 e. The lowest BCUT2D eigenvalue weighted by Gasteiger charge is -2.03. The third kappa shape index (κ3) is 13.6. The summed E-state index contributed by atoms with van der Waals surface area (Å²) in [5.41, 5.74) is 0. The van der Waals surface area contributed by atoms with Gasteiger partial charge in [0.25, 0.3) is 0 Å². The SMILES string of the molecule is CCCCCCCCCCCCCCCCSc1ncccn1. The second-order valence-corrected chi connectivity index (χ2v) is 7.54. The average molecular weight is 337 g/mol. The summed E-state index contributed by atoms with van der Waals surface area (Å²) in [5.74, 6) is 1.15. The van der Waals surface area contributed by atoms with E-state index in [0.717, 1.165) is 10.9 Å². The molecule has 1 rings (SSSR count). The summed E-state index contributed by atoms with van der Waals surface area (Å²) < 4.78 is 0. The third-order valence-electron chi connectivity index (χ3n) is 4.27. The van der Waals surface area contributed by atoms with E-state index in [4.69, 9.17) is 0 Å². The molecular formula is C20H36N2S. The van der Waals surface area contributed by atoms with Crippen LogP contribution >= 0.6 is 11.8 Å². The predicted molar refractivity (Wildman–Crippen MR) is 103 cm³/mol. The minimum absolute atomic E-state index is 0.919. The van der Waals surface area contributed by atoms with Gasteiger partial charge in [-0.05, 0) is 12.5 Å². The Kier molecular flexibility index (Phi) is 14.5. The Morgan fingerprint density at radius 2 is 1.09 bits per heavy atom. The van der Waals surface area contributed by atoms with Crippen molar-refractivity contribution in [3.8, 4) is 0 Å². The number of rotatable bonds is 16. The van der Waals surface area contributed by atoms with E-state index in [-0.39, 0.29) is 0 Å². The van der Waals surface area contributed by atoms with Crippen LogP contribution in [0.2, 0.25) is 0 Å². The Hall–Kier alpha value is -0.570. The quantitative estimate of drug-likeness (QED) is 0.184. The Balaban J connectivity index is 1.72. The van der Waals surface area contributed by atoms with Gasteiger partial charge in [0.1, 0.15) is 0 Å². The van der Waals surface area contributed by atoms with Crippen LogP contribution in [0.4, 0.5) is 0 Å². The van der Waals surface area contributed by atoms with Gasteiger partial charge in [0, 0.05) is 18.1 Å². The number of thioether (sulfide) groups is 1. The first kappa shape index (κ1) is 20.5. The van der Waals surface area contributed by atoms with Crippen molar-refractivity contribution in [3.05, 3.63) is 18.5 Å². The molecule has 132 valence electrons. The third-order valence-corrected chi connectivity index (χ3v) is 5.23. The van der Waals surface area contributed by atoms with Crippen molar-refractivity contribution in [2.75, 3.05) is 5.75 Å². The predicted octanol–water partition coefficient (Wildman–Crippen LogP) is 7.05. The molecule has 3 heteroatoms. The number of hydrogen-bond donors (Lipinski definition) is 0. The zero-order chi connectivity index (χ0) is 16.4. The van der Waals surface area contributed by atoms with Gasteiger partial charge in [-0.3, -0.25) is 0 Å². The molecule has 0 atom stereocenters. The first-order valence-corrected chi connectivity index (χ1v) is 10.8. The van der Waals surface area contributed by atoms with Gasteiger partial charge in [-0.2, -0.15) is 0 Å². The molecule has 0 fully saturated rings. The molecule has 0 spiro atoms. The smallest absolute Gasteiger partial charge is 0.187 e. The van der Waals surface area contributed by atoms with Crippen molar-refractivity contribution < 1.29 is 0 Å². The molecule has 1 aromatic rings. The molecule has 0 saturated carbocycles. The molecule has 1 aromatic heterocycles. The maximum atomic E-state index is 4.23. The molecule has 1 heterocycles. The summed E-state index contributed by atoms with van der Waals surface area (Å²) in [6.07, 6.45) is 23.5. The Morgan fingerprint density at radius 1 is 0.652 bits per heavy atom. The van der Waals surface area contributed by atoms with Gasteiger partial charge in [-0.15, -0.1) is 0 Å². The van der Waals surface area contributed by atoms with Gasteiger partial charge in [0.15, 0.2) is 5.16 Å². The molecule has 0 aliphatic carbocycles. The normalized spacial score (nSPS) is 11.0. The van der Waals surface area contributed by atoms with Gasteiger partial charge >= 0.3 is 0 Å². The van der Waals surface area contributed by atoms with Gasteiger partial charge < -0.3 is 0 Å². The number of aromatic nitrogens is 2. The summed E-state index contributed by atoms with van der Waals surface area (Å²) in [7, 11) is 0. The summed E-state index contributed by atoms with van der Waals surface area (Å²) in [6, 6.07) is 1.87. The van der Waals surface area contributed by atoms with Crippen LogP contribution in [-0.4, -0.2) is 15.7 Å². The van der Waals surface area contributed by atoms with Crippen LogP contribution in [-0.2, 0) is 0 Å². The average Bonchev–Trinajstić information content (AvgIpc) is 2.59. The molecule has 0 N–H and O–H groups in total. The van der Waals surface area contributed by atoms with Crippen molar-refractivity contribution in [3.63, 3.8) is 0 Å². The van der Waals surface area contributed by atoms with Crippen LogP contribution in [0.25, 0.3) is 0 Å². The highest BCUT2D eigenvalue weighted by Crippen LogP contribution is 2.16. The van der Waals surface area contributed by atoms with E-state index < -0.39 is 0 Å². The molecule has 2 nitrogen and oxygen atoms in total. The van der Waals surface area contributed by atoms with Crippen LogP contribution in [0, 0.1) is 0 Å². The lowest BCUT2D eigenvalue weighted by atomic mass is 10.0. The minimum Gasteiger partial charge on any atom is -0.231 e. The van der Waals surface area contributed by atoms with Gasteiger partial charge in [-0.1, -0.05) is 102 Å². The fourth-order valence-corrected chi connectivity index (χ4v) is 3.62. The zero-order valence-corrected chi connectivity index (χ0v) is 16.0. The number of hydrogen-bond acceptors (Lipinski definition) is 3. The van der Waals surface area contributed by atoms with Crippen LogP contribution in [0.5, 0.6) is 0 Å². The highest BCUT2D eigenvalue weighted by atomic mass is 32.2. The Morgan fingerprint density at radius 3 is 1.57 bits per heavy atom. The molecule has 0 aromatic carbocycles. The topological polar surface area (TPSA) is 25.8 Å². The molecule has 23 heavy (non-hydrogen) atoms. The fourth-order valence-electron chi connectivity index (χ4n) is 2.82. The molecule has 0 aliphatic heterocycles. The second kappa shape index (κ2) is 16.3. The van der Waals surface area contributed by atoms with Crippen molar-refractivity contribution in [2.24, 2.45) is 0 Å². The van der Waals surface area contributed by atoms with E-state index in [9.17, 15) is 0 Å². The molecule has 0 unspecified atom stereocenters.